The lowest BCUT2D eigenvalue weighted by atomic mass is 10.2. The summed E-state index contributed by atoms with van der Waals surface area (Å²) in [5.74, 6) is -1.10. The molecular weight excluding hydrogens is 405 g/mol. The Labute approximate surface area is 158 Å². The molecule has 0 bridgehead atoms. The van der Waals surface area contributed by atoms with Gasteiger partial charge < -0.3 is 14.5 Å². The number of halogens is 2. The smallest absolute Gasteiger partial charge is 0.340 e. The van der Waals surface area contributed by atoms with Crippen molar-refractivity contribution < 1.29 is 18.7 Å². The molecule has 0 radical (unpaired) electrons. The maximum absolute atomic E-state index is 13.0. The van der Waals surface area contributed by atoms with Crippen LogP contribution in [0.25, 0.3) is 0 Å². The summed E-state index contributed by atoms with van der Waals surface area (Å²) in [6.07, 6.45) is 2.95. The summed E-state index contributed by atoms with van der Waals surface area (Å²) >= 11 is 3.23. The normalized spacial score (nSPS) is 14.2. The van der Waals surface area contributed by atoms with Gasteiger partial charge >= 0.3 is 5.97 Å². The van der Waals surface area contributed by atoms with Crippen LogP contribution in [0.3, 0.4) is 0 Å². The van der Waals surface area contributed by atoms with E-state index in [-0.39, 0.29) is 23.9 Å². The molecule has 0 unspecified atom stereocenters. The number of rotatable bonds is 4. The number of esters is 1. The molecule has 3 rings (SSSR count). The van der Waals surface area contributed by atoms with Gasteiger partial charge in [0.15, 0.2) is 6.61 Å². The quantitative estimate of drug-likeness (QED) is 0.709. The first kappa shape index (κ1) is 18.3. The number of hydrogen-bond acceptors (Lipinski definition) is 5. The van der Waals surface area contributed by atoms with Gasteiger partial charge in [0.2, 0.25) is 0 Å². The molecule has 0 atom stereocenters. The zero-order chi connectivity index (χ0) is 18.5. The highest BCUT2D eigenvalue weighted by atomic mass is 79.9. The topological polar surface area (TPSA) is 62.7 Å². The Morgan fingerprint density at radius 1 is 1.12 bits per heavy atom. The summed E-state index contributed by atoms with van der Waals surface area (Å²) in [7, 11) is 0. The maximum Gasteiger partial charge on any atom is 0.340 e. The molecule has 1 aromatic heterocycles. The number of ether oxygens (including phenoxy) is 1. The van der Waals surface area contributed by atoms with E-state index in [0.717, 1.165) is 5.69 Å². The molecule has 2 aromatic rings. The second-order valence-electron chi connectivity index (χ2n) is 5.81. The molecule has 8 heteroatoms. The van der Waals surface area contributed by atoms with Crippen LogP contribution in [-0.2, 0) is 9.53 Å². The summed E-state index contributed by atoms with van der Waals surface area (Å²) in [5, 5.41) is 0. The van der Waals surface area contributed by atoms with Gasteiger partial charge in [0.05, 0.1) is 5.56 Å². The van der Waals surface area contributed by atoms with Crippen molar-refractivity contribution in [2.45, 2.75) is 0 Å². The number of aromatic nitrogens is 1. The molecule has 1 aliphatic rings. The van der Waals surface area contributed by atoms with Crippen LogP contribution < -0.4 is 4.90 Å². The lowest BCUT2D eigenvalue weighted by molar-refractivity contribution is -0.134. The second kappa shape index (κ2) is 8.27. The van der Waals surface area contributed by atoms with Crippen LogP contribution in [0.2, 0.25) is 0 Å². The summed E-state index contributed by atoms with van der Waals surface area (Å²) in [6, 6.07) is 7.87. The minimum Gasteiger partial charge on any atom is -0.452 e. The Bertz CT molecular complexity index is 793. The molecule has 1 amide bonds. The number of piperazine rings is 1. The first-order valence-corrected chi connectivity index (χ1v) is 8.88. The lowest BCUT2D eigenvalue weighted by Crippen LogP contribution is -2.49. The van der Waals surface area contributed by atoms with Crippen molar-refractivity contribution >= 4 is 33.5 Å². The Kier molecular flexibility index (Phi) is 5.82. The van der Waals surface area contributed by atoms with Crippen LogP contribution in [0.5, 0.6) is 0 Å². The highest BCUT2D eigenvalue weighted by molar-refractivity contribution is 9.10. The summed E-state index contributed by atoms with van der Waals surface area (Å²) in [4.78, 5) is 31.8. The highest BCUT2D eigenvalue weighted by Crippen LogP contribution is 2.17. The zero-order valence-electron chi connectivity index (χ0n) is 13.9. The molecule has 0 spiro atoms. The molecule has 2 heterocycles. The third-order valence-corrected chi connectivity index (χ3v) is 4.53. The molecular formula is C18H17BrFN3O3. The van der Waals surface area contributed by atoms with Crippen LogP contribution in [0.15, 0.2) is 47.2 Å². The SMILES string of the molecule is O=C(OCC(=O)N1CCN(c2ccc(F)cc2)CC1)c1cncc(Br)c1. The molecule has 1 aromatic carbocycles. The van der Waals surface area contributed by atoms with Crippen LogP contribution in [0.4, 0.5) is 10.1 Å². The van der Waals surface area contributed by atoms with Gasteiger partial charge in [-0.3, -0.25) is 9.78 Å². The molecule has 6 nitrogen and oxygen atoms in total. The monoisotopic (exact) mass is 421 g/mol. The molecule has 0 saturated carbocycles. The summed E-state index contributed by atoms with van der Waals surface area (Å²) in [5.41, 5.74) is 1.21. The van der Waals surface area contributed by atoms with Crippen molar-refractivity contribution in [2.75, 3.05) is 37.7 Å². The standard InChI is InChI=1S/C18H17BrFN3O3/c19-14-9-13(10-21-11-14)18(25)26-12-17(24)23-7-5-22(6-8-23)16-3-1-15(20)2-4-16/h1-4,9-11H,5-8,12H2. The summed E-state index contributed by atoms with van der Waals surface area (Å²) in [6.45, 7) is 2.02. The van der Waals surface area contributed by atoms with Gasteiger partial charge in [-0.05, 0) is 46.3 Å². The van der Waals surface area contributed by atoms with Gasteiger partial charge in [0, 0.05) is 48.7 Å². The first-order valence-electron chi connectivity index (χ1n) is 8.09. The predicted molar refractivity (Wildman–Crippen MR) is 97.4 cm³/mol. The molecule has 136 valence electrons. The molecule has 1 aliphatic heterocycles. The molecule has 26 heavy (non-hydrogen) atoms. The van der Waals surface area contributed by atoms with Crippen molar-refractivity contribution in [1.29, 1.82) is 0 Å². The van der Waals surface area contributed by atoms with Crippen molar-refractivity contribution in [1.82, 2.24) is 9.88 Å². The second-order valence-corrected chi connectivity index (χ2v) is 6.73. The van der Waals surface area contributed by atoms with Crippen LogP contribution in [-0.4, -0.2) is 54.5 Å². The van der Waals surface area contributed by atoms with Gasteiger partial charge in [0.1, 0.15) is 5.82 Å². The third-order valence-electron chi connectivity index (χ3n) is 4.09. The van der Waals surface area contributed by atoms with Gasteiger partial charge in [-0.1, -0.05) is 0 Å². The fraction of sp³-hybridized carbons (Fsp3) is 0.278. The lowest BCUT2D eigenvalue weighted by Gasteiger charge is -2.36. The fourth-order valence-corrected chi connectivity index (χ4v) is 3.06. The van der Waals surface area contributed by atoms with Crippen molar-refractivity contribution in [3.8, 4) is 0 Å². The van der Waals surface area contributed by atoms with Gasteiger partial charge in [-0.15, -0.1) is 0 Å². The van der Waals surface area contributed by atoms with E-state index in [0.29, 0.717) is 30.7 Å². The van der Waals surface area contributed by atoms with Crippen LogP contribution in [0.1, 0.15) is 10.4 Å². The van der Waals surface area contributed by atoms with Crippen molar-refractivity contribution in [2.24, 2.45) is 0 Å². The largest absolute Gasteiger partial charge is 0.452 e. The third kappa shape index (κ3) is 4.57. The number of pyridine rings is 1. The minimum atomic E-state index is -0.586. The minimum absolute atomic E-state index is 0.236. The highest BCUT2D eigenvalue weighted by Gasteiger charge is 2.22. The Morgan fingerprint density at radius 3 is 2.46 bits per heavy atom. The van der Waals surface area contributed by atoms with Gasteiger partial charge in [-0.2, -0.15) is 0 Å². The predicted octanol–water partition coefficient (Wildman–Crippen LogP) is 2.49. The number of anilines is 1. The molecule has 0 N–H and O–H groups in total. The van der Waals surface area contributed by atoms with E-state index >= 15 is 0 Å². The average Bonchev–Trinajstić information content (AvgIpc) is 2.66. The Balaban J connectivity index is 1.47. The van der Waals surface area contributed by atoms with E-state index in [1.54, 1.807) is 29.3 Å². The number of amides is 1. The van der Waals surface area contributed by atoms with Crippen LogP contribution >= 0.6 is 15.9 Å². The van der Waals surface area contributed by atoms with E-state index in [2.05, 4.69) is 25.8 Å². The molecule has 0 aliphatic carbocycles. The van der Waals surface area contributed by atoms with Crippen LogP contribution in [0, 0.1) is 5.82 Å². The number of hydrogen-bond donors (Lipinski definition) is 0. The first-order chi connectivity index (χ1) is 12.5. The zero-order valence-corrected chi connectivity index (χ0v) is 15.5. The van der Waals surface area contributed by atoms with E-state index in [1.807, 2.05) is 0 Å². The van der Waals surface area contributed by atoms with Gasteiger partial charge in [-0.25, -0.2) is 9.18 Å². The number of carbonyl (C=O) groups excluding carboxylic acids is 2. The van der Waals surface area contributed by atoms with Crippen molar-refractivity contribution in [3.63, 3.8) is 0 Å². The Morgan fingerprint density at radius 2 is 1.81 bits per heavy atom. The molecule has 1 saturated heterocycles. The number of benzene rings is 1. The van der Waals surface area contributed by atoms with Crippen molar-refractivity contribution in [3.05, 3.63) is 58.6 Å². The van der Waals surface area contributed by atoms with E-state index in [1.165, 1.54) is 18.3 Å². The van der Waals surface area contributed by atoms with Gasteiger partial charge in [0.25, 0.3) is 5.91 Å². The number of nitrogens with zero attached hydrogens (tertiary/aromatic N) is 3. The fourth-order valence-electron chi connectivity index (χ4n) is 2.69. The van der Waals surface area contributed by atoms with E-state index in [4.69, 9.17) is 4.74 Å². The van der Waals surface area contributed by atoms with E-state index < -0.39 is 5.97 Å². The number of carbonyl (C=O) groups is 2. The average molecular weight is 422 g/mol. The molecule has 1 fully saturated rings. The maximum atomic E-state index is 13.0. The van der Waals surface area contributed by atoms with E-state index in [9.17, 15) is 14.0 Å². The summed E-state index contributed by atoms with van der Waals surface area (Å²) < 4.78 is 18.7. The Hall–Kier alpha value is -2.48.